The Labute approximate surface area is 146 Å². The van der Waals surface area contributed by atoms with E-state index < -0.39 is 12.1 Å². The van der Waals surface area contributed by atoms with E-state index in [1.165, 1.54) is 4.90 Å². The molecule has 1 unspecified atom stereocenters. The van der Waals surface area contributed by atoms with Gasteiger partial charge in [0.05, 0.1) is 13.0 Å². The molecule has 2 aliphatic rings. The van der Waals surface area contributed by atoms with Gasteiger partial charge in [0, 0.05) is 13.1 Å². The SMILES string of the molecule is O=C(O)Cc1ccc(CC2CCN(C(=O)CN3CCOC3=O)C2)cc1. The molecule has 1 aromatic carbocycles. The highest BCUT2D eigenvalue weighted by atomic mass is 16.6. The Morgan fingerprint density at radius 3 is 2.52 bits per heavy atom. The Balaban J connectivity index is 1.48. The number of ether oxygens (including phenoxy) is 1. The fourth-order valence-corrected chi connectivity index (χ4v) is 3.36. The fourth-order valence-electron chi connectivity index (χ4n) is 3.36. The van der Waals surface area contributed by atoms with Crippen LogP contribution in [0.5, 0.6) is 0 Å². The van der Waals surface area contributed by atoms with E-state index in [2.05, 4.69) is 0 Å². The maximum atomic E-state index is 12.3. The van der Waals surface area contributed by atoms with E-state index in [0.29, 0.717) is 32.2 Å². The molecular weight excluding hydrogens is 324 g/mol. The molecule has 2 heterocycles. The Bertz CT molecular complexity index is 658. The molecule has 134 valence electrons. The van der Waals surface area contributed by atoms with Crippen LogP contribution >= 0.6 is 0 Å². The molecule has 0 aliphatic carbocycles. The molecule has 2 saturated heterocycles. The molecule has 1 atom stereocenters. The summed E-state index contributed by atoms with van der Waals surface area (Å²) in [5, 5.41) is 8.80. The van der Waals surface area contributed by atoms with Crippen molar-refractivity contribution in [2.75, 3.05) is 32.8 Å². The first kappa shape index (κ1) is 17.3. The summed E-state index contributed by atoms with van der Waals surface area (Å²) >= 11 is 0. The van der Waals surface area contributed by atoms with Crippen LogP contribution in [0.15, 0.2) is 24.3 Å². The van der Waals surface area contributed by atoms with Crippen molar-refractivity contribution in [1.29, 1.82) is 0 Å². The van der Waals surface area contributed by atoms with E-state index in [9.17, 15) is 14.4 Å². The van der Waals surface area contributed by atoms with Crippen molar-refractivity contribution in [2.45, 2.75) is 19.3 Å². The summed E-state index contributed by atoms with van der Waals surface area (Å²) in [5.74, 6) is -0.474. The molecule has 0 bridgehead atoms. The monoisotopic (exact) mass is 346 g/mol. The van der Waals surface area contributed by atoms with Gasteiger partial charge >= 0.3 is 12.1 Å². The normalized spacial score (nSPS) is 20.0. The van der Waals surface area contributed by atoms with Gasteiger partial charge in [-0.1, -0.05) is 24.3 Å². The fraction of sp³-hybridized carbons (Fsp3) is 0.500. The van der Waals surface area contributed by atoms with E-state index in [1.807, 2.05) is 29.2 Å². The van der Waals surface area contributed by atoms with Gasteiger partial charge in [-0.25, -0.2) is 4.79 Å². The first-order valence-corrected chi connectivity index (χ1v) is 8.50. The molecule has 0 spiro atoms. The van der Waals surface area contributed by atoms with Crippen LogP contribution in [0.25, 0.3) is 0 Å². The molecule has 2 fully saturated rings. The van der Waals surface area contributed by atoms with Gasteiger partial charge in [-0.3, -0.25) is 14.5 Å². The summed E-state index contributed by atoms with van der Waals surface area (Å²) < 4.78 is 4.84. The van der Waals surface area contributed by atoms with Crippen molar-refractivity contribution in [1.82, 2.24) is 9.80 Å². The number of nitrogens with zero attached hydrogens (tertiary/aromatic N) is 2. The van der Waals surface area contributed by atoms with Crippen molar-refractivity contribution >= 4 is 18.0 Å². The first-order valence-electron chi connectivity index (χ1n) is 8.50. The van der Waals surface area contributed by atoms with Crippen LogP contribution in [0.4, 0.5) is 4.79 Å². The largest absolute Gasteiger partial charge is 0.481 e. The van der Waals surface area contributed by atoms with Crippen LogP contribution in [0, 0.1) is 5.92 Å². The highest BCUT2D eigenvalue weighted by Crippen LogP contribution is 2.22. The zero-order valence-electron chi connectivity index (χ0n) is 14.0. The zero-order valence-corrected chi connectivity index (χ0v) is 14.0. The third-order valence-electron chi connectivity index (χ3n) is 4.71. The second kappa shape index (κ2) is 7.55. The second-order valence-electron chi connectivity index (χ2n) is 6.62. The quantitative estimate of drug-likeness (QED) is 0.835. The lowest BCUT2D eigenvalue weighted by atomic mass is 9.97. The van der Waals surface area contributed by atoms with Crippen LogP contribution in [-0.4, -0.2) is 65.7 Å². The molecule has 25 heavy (non-hydrogen) atoms. The molecule has 2 aliphatic heterocycles. The minimum Gasteiger partial charge on any atom is -0.481 e. The molecule has 3 rings (SSSR count). The Morgan fingerprint density at radius 2 is 1.88 bits per heavy atom. The number of carboxylic acids is 1. The van der Waals surface area contributed by atoms with Gasteiger partial charge < -0.3 is 14.7 Å². The minimum atomic E-state index is -0.834. The van der Waals surface area contributed by atoms with Crippen LogP contribution in [0.1, 0.15) is 17.5 Å². The Hall–Kier alpha value is -2.57. The lowest BCUT2D eigenvalue weighted by Crippen LogP contribution is -2.39. The Kier molecular flexibility index (Phi) is 5.21. The van der Waals surface area contributed by atoms with E-state index in [-0.39, 0.29) is 18.9 Å². The molecule has 0 saturated carbocycles. The standard InChI is InChI=1S/C18H22N2O5/c21-16(12-20-7-8-25-18(20)24)19-6-5-15(11-19)9-13-1-3-14(4-2-13)10-17(22)23/h1-4,15H,5-12H2,(H,22,23). The smallest absolute Gasteiger partial charge is 0.410 e. The summed E-state index contributed by atoms with van der Waals surface area (Å²) in [7, 11) is 0. The lowest BCUT2D eigenvalue weighted by Gasteiger charge is -2.20. The molecule has 7 nitrogen and oxygen atoms in total. The predicted molar refractivity (Wildman–Crippen MR) is 89.1 cm³/mol. The van der Waals surface area contributed by atoms with Crippen molar-refractivity contribution < 1.29 is 24.2 Å². The third kappa shape index (κ3) is 4.49. The van der Waals surface area contributed by atoms with Crippen molar-refractivity contribution in [3.63, 3.8) is 0 Å². The average Bonchev–Trinajstić information content (AvgIpc) is 3.19. The molecular formula is C18H22N2O5. The maximum absolute atomic E-state index is 12.3. The van der Waals surface area contributed by atoms with Gasteiger partial charge in [0.2, 0.25) is 5.91 Å². The highest BCUT2D eigenvalue weighted by Gasteiger charge is 2.30. The van der Waals surface area contributed by atoms with Gasteiger partial charge in [0.25, 0.3) is 0 Å². The van der Waals surface area contributed by atoms with Gasteiger partial charge in [-0.2, -0.15) is 0 Å². The van der Waals surface area contributed by atoms with Gasteiger partial charge in [-0.05, 0) is 29.9 Å². The molecule has 1 N–H and O–H groups in total. The minimum absolute atomic E-state index is 0.0295. The number of carbonyl (C=O) groups is 3. The van der Waals surface area contributed by atoms with Crippen LogP contribution in [0.2, 0.25) is 0 Å². The third-order valence-corrected chi connectivity index (χ3v) is 4.71. The summed E-state index contributed by atoms with van der Waals surface area (Å²) in [6.45, 7) is 2.33. The van der Waals surface area contributed by atoms with Crippen molar-refractivity contribution in [3.05, 3.63) is 35.4 Å². The number of carbonyl (C=O) groups excluding carboxylic acids is 2. The first-order chi connectivity index (χ1) is 12.0. The molecule has 0 radical (unpaired) electrons. The summed E-state index contributed by atoms with van der Waals surface area (Å²) in [6.07, 6.45) is 1.42. The number of benzene rings is 1. The average molecular weight is 346 g/mol. The summed E-state index contributed by atoms with van der Waals surface area (Å²) in [4.78, 5) is 37.7. The maximum Gasteiger partial charge on any atom is 0.410 e. The summed E-state index contributed by atoms with van der Waals surface area (Å²) in [5.41, 5.74) is 1.94. The second-order valence-corrected chi connectivity index (χ2v) is 6.62. The van der Waals surface area contributed by atoms with Crippen molar-refractivity contribution in [2.24, 2.45) is 5.92 Å². The van der Waals surface area contributed by atoms with Gasteiger partial charge in [-0.15, -0.1) is 0 Å². The molecule has 0 aromatic heterocycles. The number of likely N-dealkylation sites (tertiary alicyclic amines) is 1. The lowest BCUT2D eigenvalue weighted by molar-refractivity contribution is -0.136. The Morgan fingerprint density at radius 1 is 1.16 bits per heavy atom. The number of aliphatic carboxylic acids is 1. The molecule has 1 aromatic rings. The number of hydrogen-bond donors (Lipinski definition) is 1. The molecule has 2 amide bonds. The number of carboxylic acid groups (broad SMARTS) is 1. The number of amides is 2. The van der Waals surface area contributed by atoms with E-state index in [0.717, 1.165) is 24.0 Å². The topological polar surface area (TPSA) is 87.2 Å². The van der Waals surface area contributed by atoms with Crippen LogP contribution in [-0.2, 0) is 27.2 Å². The predicted octanol–water partition coefficient (Wildman–Crippen LogP) is 1.16. The zero-order chi connectivity index (χ0) is 17.8. The van der Waals surface area contributed by atoms with E-state index >= 15 is 0 Å². The van der Waals surface area contributed by atoms with E-state index in [1.54, 1.807) is 0 Å². The van der Waals surface area contributed by atoms with E-state index in [4.69, 9.17) is 9.84 Å². The summed E-state index contributed by atoms with van der Waals surface area (Å²) in [6, 6.07) is 7.62. The molecule has 7 heteroatoms. The van der Waals surface area contributed by atoms with Crippen LogP contribution in [0.3, 0.4) is 0 Å². The van der Waals surface area contributed by atoms with Gasteiger partial charge in [0.15, 0.2) is 0 Å². The highest BCUT2D eigenvalue weighted by molar-refractivity contribution is 5.83. The van der Waals surface area contributed by atoms with Crippen LogP contribution < -0.4 is 0 Å². The van der Waals surface area contributed by atoms with Crippen molar-refractivity contribution in [3.8, 4) is 0 Å². The number of cyclic esters (lactones) is 1. The number of rotatable bonds is 6. The number of hydrogen-bond acceptors (Lipinski definition) is 4. The van der Waals surface area contributed by atoms with Gasteiger partial charge in [0.1, 0.15) is 13.2 Å².